The highest BCUT2D eigenvalue weighted by Gasteiger charge is 2.51. The summed E-state index contributed by atoms with van der Waals surface area (Å²) >= 11 is 0. The number of hydrogen-bond acceptors (Lipinski definition) is 3. The molecule has 2 saturated heterocycles. The van der Waals surface area contributed by atoms with Crippen molar-refractivity contribution in [2.75, 3.05) is 13.2 Å². The van der Waals surface area contributed by atoms with Crippen molar-refractivity contribution in [1.29, 1.82) is 0 Å². The lowest BCUT2D eigenvalue weighted by Crippen LogP contribution is -2.67. The van der Waals surface area contributed by atoms with Gasteiger partial charge in [-0.05, 0) is 64.8 Å². The highest BCUT2D eigenvalue weighted by molar-refractivity contribution is 6.39. The van der Waals surface area contributed by atoms with Crippen LogP contribution in [0, 0.1) is 5.92 Å². The molecule has 130 valence electrons. The number of aliphatic hydroxyl groups excluding tert-OH is 1. The lowest BCUT2D eigenvalue weighted by atomic mass is 9.76. The van der Waals surface area contributed by atoms with E-state index < -0.39 is 9.52 Å². The van der Waals surface area contributed by atoms with E-state index in [1.165, 1.54) is 19.3 Å². The van der Waals surface area contributed by atoms with Crippen molar-refractivity contribution in [2.24, 2.45) is 5.92 Å². The van der Waals surface area contributed by atoms with Crippen LogP contribution in [0.2, 0.25) is 5.54 Å². The molecule has 2 aliphatic rings. The Bertz CT molecular complexity index is 364. The second-order valence-corrected chi connectivity index (χ2v) is 11.5. The first kappa shape index (κ1) is 18.4. The molecular weight excluding hydrogens is 290 g/mol. The molecule has 0 saturated carbocycles. The Hall–Kier alpha value is 0.0969. The summed E-state index contributed by atoms with van der Waals surface area (Å²) in [5, 5.41) is 11.1. The molecule has 2 aliphatic heterocycles. The fraction of sp³-hybridized carbons (Fsp3) is 1.00. The first-order valence-electron chi connectivity index (χ1n) is 9.22. The van der Waals surface area contributed by atoms with Crippen LogP contribution in [-0.4, -0.2) is 55.6 Å². The Morgan fingerprint density at radius 2 is 1.91 bits per heavy atom. The molecule has 1 N–H and O–H groups in total. The zero-order valence-corrected chi connectivity index (χ0v) is 17.0. The minimum atomic E-state index is -0.414. The summed E-state index contributed by atoms with van der Waals surface area (Å²) in [5.74, 6) is 0.626. The SMILES string of the molecule is CC(C)CN1C(C)(C)CC([SiH2]C2CCCCO2)C(O)C1(C)C. The van der Waals surface area contributed by atoms with Crippen LogP contribution in [0.1, 0.15) is 67.2 Å². The quantitative estimate of drug-likeness (QED) is 0.806. The lowest BCUT2D eigenvalue weighted by Gasteiger charge is -2.58. The zero-order valence-electron chi connectivity index (χ0n) is 15.6. The fourth-order valence-corrected chi connectivity index (χ4v) is 7.98. The number of likely N-dealkylation sites (tertiary alicyclic amines) is 1. The number of nitrogens with zero attached hydrogens (tertiary/aromatic N) is 1. The van der Waals surface area contributed by atoms with Gasteiger partial charge in [-0.15, -0.1) is 0 Å². The number of piperidine rings is 1. The molecule has 0 spiro atoms. The first-order valence-corrected chi connectivity index (χ1v) is 10.9. The van der Waals surface area contributed by atoms with Gasteiger partial charge < -0.3 is 9.84 Å². The fourth-order valence-electron chi connectivity index (χ4n) is 4.77. The largest absolute Gasteiger partial charge is 0.391 e. The average Bonchev–Trinajstić information content (AvgIpc) is 2.42. The van der Waals surface area contributed by atoms with Crippen LogP contribution < -0.4 is 0 Å². The molecule has 0 aromatic heterocycles. The molecule has 0 aromatic rings. The third-order valence-corrected chi connectivity index (χ3v) is 8.26. The topological polar surface area (TPSA) is 32.7 Å². The Labute approximate surface area is 139 Å². The summed E-state index contributed by atoms with van der Waals surface area (Å²) in [7, 11) is -0.414. The highest BCUT2D eigenvalue weighted by Crippen LogP contribution is 2.45. The van der Waals surface area contributed by atoms with E-state index in [0.717, 1.165) is 19.6 Å². The average molecular weight is 328 g/mol. The van der Waals surface area contributed by atoms with Crippen LogP contribution >= 0.6 is 0 Å². The minimum absolute atomic E-state index is 0.141. The third-order valence-electron chi connectivity index (χ3n) is 5.75. The number of hydrogen-bond donors (Lipinski definition) is 1. The molecule has 2 fully saturated rings. The molecular formula is C18H37NO2Si. The molecule has 3 unspecified atom stereocenters. The maximum absolute atomic E-state index is 11.1. The Balaban J connectivity index is 2.11. The summed E-state index contributed by atoms with van der Waals surface area (Å²) in [6.07, 6.45) is 4.67. The van der Waals surface area contributed by atoms with Crippen molar-refractivity contribution in [3.63, 3.8) is 0 Å². The van der Waals surface area contributed by atoms with E-state index in [9.17, 15) is 5.11 Å². The first-order chi connectivity index (χ1) is 10.1. The second-order valence-electron chi connectivity index (χ2n) is 9.10. The van der Waals surface area contributed by atoms with Crippen LogP contribution in [0.15, 0.2) is 0 Å². The van der Waals surface area contributed by atoms with Gasteiger partial charge in [-0.2, -0.15) is 0 Å². The number of ether oxygens (including phenoxy) is 1. The molecule has 22 heavy (non-hydrogen) atoms. The second kappa shape index (κ2) is 6.92. The van der Waals surface area contributed by atoms with Gasteiger partial charge in [0.25, 0.3) is 0 Å². The smallest absolute Gasteiger partial charge is 0.0719 e. The molecule has 0 amide bonds. The maximum atomic E-state index is 11.1. The van der Waals surface area contributed by atoms with Gasteiger partial charge in [0.1, 0.15) is 0 Å². The van der Waals surface area contributed by atoms with E-state index in [0.29, 0.717) is 17.2 Å². The predicted molar refractivity (Wildman–Crippen MR) is 96.2 cm³/mol. The van der Waals surface area contributed by atoms with Crippen LogP contribution in [0.3, 0.4) is 0 Å². The Morgan fingerprint density at radius 1 is 1.23 bits per heavy atom. The Kier molecular flexibility index (Phi) is 5.80. The summed E-state index contributed by atoms with van der Waals surface area (Å²) < 4.78 is 5.99. The predicted octanol–water partition coefficient (Wildman–Crippen LogP) is 2.75. The highest BCUT2D eigenvalue weighted by atomic mass is 28.2. The molecule has 0 bridgehead atoms. The molecule has 0 aliphatic carbocycles. The third kappa shape index (κ3) is 3.95. The van der Waals surface area contributed by atoms with Crippen LogP contribution in [0.5, 0.6) is 0 Å². The maximum Gasteiger partial charge on any atom is 0.0719 e. The van der Waals surface area contributed by atoms with E-state index in [1.807, 2.05) is 0 Å². The zero-order chi connectivity index (χ0) is 16.5. The molecule has 3 nitrogen and oxygen atoms in total. The number of aliphatic hydroxyl groups is 1. The van der Waals surface area contributed by atoms with Gasteiger partial charge >= 0.3 is 0 Å². The summed E-state index contributed by atoms with van der Waals surface area (Å²) in [6, 6.07) is 0. The van der Waals surface area contributed by atoms with E-state index >= 15 is 0 Å². The standard InChI is InChI=1S/C18H37NO2Si/c1-13(2)12-19-17(3,4)11-14(16(20)18(19,5)6)22-15-9-7-8-10-21-15/h13-16,20H,7-12,22H2,1-6H3. The minimum Gasteiger partial charge on any atom is -0.391 e. The van der Waals surface area contributed by atoms with Gasteiger partial charge in [-0.25, -0.2) is 0 Å². The van der Waals surface area contributed by atoms with Crippen LogP contribution in [0.4, 0.5) is 0 Å². The molecule has 0 radical (unpaired) electrons. The van der Waals surface area contributed by atoms with Crippen molar-refractivity contribution in [2.45, 2.75) is 95.7 Å². The summed E-state index contributed by atoms with van der Waals surface area (Å²) in [5.41, 5.74) is 1.01. The van der Waals surface area contributed by atoms with Crippen molar-refractivity contribution in [1.82, 2.24) is 4.90 Å². The van der Waals surface area contributed by atoms with Crippen molar-refractivity contribution in [3.8, 4) is 0 Å². The molecule has 2 rings (SSSR count). The van der Waals surface area contributed by atoms with Crippen molar-refractivity contribution < 1.29 is 9.84 Å². The van der Waals surface area contributed by atoms with Gasteiger partial charge in [0.05, 0.1) is 15.6 Å². The summed E-state index contributed by atoms with van der Waals surface area (Å²) in [4.78, 5) is 2.56. The van der Waals surface area contributed by atoms with Crippen LogP contribution in [-0.2, 0) is 4.74 Å². The Morgan fingerprint density at radius 3 is 2.45 bits per heavy atom. The monoisotopic (exact) mass is 327 g/mol. The molecule has 4 heteroatoms. The van der Waals surface area contributed by atoms with E-state index in [4.69, 9.17) is 4.74 Å². The number of rotatable bonds is 4. The van der Waals surface area contributed by atoms with Gasteiger partial charge in [0, 0.05) is 30.0 Å². The van der Waals surface area contributed by atoms with E-state index in [-0.39, 0.29) is 17.2 Å². The van der Waals surface area contributed by atoms with Crippen molar-refractivity contribution in [3.05, 3.63) is 0 Å². The van der Waals surface area contributed by atoms with Gasteiger partial charge in [-0.1, -0.05) is 13.8 Å². The molecule has 0 aromatic carbocycles. The molecule has 2 heterocycles. The summed E-state index contributed by atoms with van der Waals surface area (Å²) in [6.45, 7) is 15.8. The van der Waals surface area contributed by atoms with E-state index in [2.05, 4.69) is 46.4 Å². The van der Waals surface area contributed by atoms with E-state index in [1.54, 1.807) is 0 Å². The van der Waals surface area contributed by atoms with Gasteiger partial charge in [0.15, 0.2) is 0 Å². The van der Waals surface area contributed by atoms with Gasteiger partial charge in [0.2, 0.25) is 0 Å². The van der Waals surface area contributed by atoms with Crippen molar-refractivity contribution >= 4 is 9.52 Å². The lowest BCUT2D eigenvalue weighted by molar-refractivity contribution is -0.110. The van der Waals surface area contributed by atoms with Crippen LogP contribution in [0.25, 0.3) is 0 Å². The normalized spacial score (nSPS) is 36.3. The van der Waals surface area contributed by atoms with Gasteiger partial charge in [-0.3, -0.25) is 4.90 Å². The molecule has 3 atom stereocenters.